The van der Waals surface area contributed by atoms with E-state index in [9.17, 15) is 13.5 Å². The molecule has 4 rings (SSSR count). The predicted octanol–water partition coefficient (Wildman–Crippen LogP) is 3.58. The summed E-state index contributed by atoms with van der Waals surface area (Å²) in [6, 6.07) is 16.8. The Morgan fingerprint density at radius 2 is 1.64 bits per heavy atom. The largest absolute Gasteiger partial charge is 0.387 e. The zero-order valence-electron chi connectivity index (χ0n) is 14.9. The molecule has 0 fully saturated rings. The lowest BCUT2D eigenvalue weighted by atomic mass is 9.95. The Hall–Kier alpha value is -2.25. The summed E-state index contributed by atoms with van der Waals surface area (Å²) in [5, 5.41) is 11.7. The Balaban J connectivity index is 1.78. The van der Waals surface area contributed by atoms with Crippen molar-refractivity contribution >= 4 is 21.6 Å². The fourth-order valence-electron chi connectivity index (χ4n) is 3.57. The molecule has 2 atom stereocenters. The van der Waals surface area contributed by atoms with Crippen molar-refractivity contribution < 1.29 is 13.5 Å². The number of pyridine rings is 1. The van der Waals surface area contributed by atoms with Crippen LogP contribution in [-0.2, 0) is 23.0 Å². The van der Waals surface area contributed by atoms with Gasteiger partial charge in [0.2, 0.25) is 10.0 Å². The minimum absolute atomic E-state index is 0.156. The van der Waals surface area contributed by atoms with Gasteiger partial charge in [-0.3, -0.25) is 4.98 Å². The molecule has 0 bridgehead atoms. The summed E-state index contributed by atoms with van der Waals surface area (Å²) >= 11 is 5.97. The zero-order chi connectivity index (χ0) is 19.7. The highest BCUT2D eigenvalue weighted by Gasteiger charge is 2.43. The minimum Gasteiger partial charge on any atom is -0.387 e. The molecule has 0 amide bonds. The number of aliphatic hydroxyl groups excluding tert-OH is 1. The average Bonchev–Trinajstić information content (AvgIpc) is 2.71. The molecule has 7 heteroatoms. The van der Waals surface area contributed by atoms with Gasteiger partial charge < -0.3 is 5.11 Å². The van der Waals surface area contributed by atoms with E-state index >= 15 is 0 Å². The maximum Gasteiger partial charge on any atom is 0.244 e. The van der Waals surface area contributed by atoms with Gasteiger partial charge in [0.05, 0.1) is 17.0 Å². The third-order valence-corrected chi connectivity index (χ3v) is 7.20. The second kappa shape index (κ2) is 7.64. The number of rotatable bonds is 4. The number of sulfonamides is 1. The molecule has 2 aromatic carbocycles. The van der Waals surface area contributed by atoms with Gasteiger partial charge >= 0.3 is 0 Å². The molecule has 1 aliphatic heterocycles. The molecule has 0 spiro atoms. The van der Waals surface area contributed by atoms with Gasteiger partial charge in [-0.1, -0.05) is 41.9 Å². The molecule has 3 aromatic rings. The van der Waals surface area contributed by atoms with E-state index in [-0.39, 0.29) is 11.4 Å². The second-order valence-electron chi connectivity index (χ2n) is 6.79. The van der Waals surface area contributed by atoms with Crippen molar-refractivity contribution in [3.63, 3.8) is 0 Å². The van der Waals surface area contributed by atoms with Gasteiger partial charge in [0.25, 0.3) is 0 Å². The number of fused-ring (bicyclic) bond motifs is 1. The van der Waals surface area contributed by atoms with Crippen molar-refractivity contribution in [1.29, 1.82) is 0 Å². The van der Waals surface area contributed by atoms with Gasteiger partial charge in [-0.05, 0) is 47.9 Å². The first-order valence-corrected chi connectivity index (χ1v) is 10.7. The average molecular weight is 415 g/mol. The summed E-state index contributed by atoms with van der Waals surface area (Å²) in [5.41, 5.74) is 2.15. The van der Waals surface area contributed by atoms with E-state index in [2.05, 4.69) is 4.98 Å². The monoisotopic (exact) mass is 414 g/mol. The fourth-order valence-corrected chi connectivity index (χ4v) is 5.56. The summed E-state index contributed by atoms with van der Waals surface area (Å²) in [7, 11) is -3.76. The third-order valence-electron chi connectivity index (χ3n) is 5.00. The van der Waals surface area contributed by atoms with Crippen molar-refractivity contribution in [3.05, 3.63) is 94.8 Å². The van der Waals surface area contributed by atoms with Crippen LogP contribution in [0, 0.1) is 0 Å². The highest BCUT2D eigenvalue weighted by atomic mass is 35.5. The van der Waals surface area contributed by atoms with Crippen molar-refractivity contribution in [3.8, 4) is 0 Å². The van der Waals surface area contributed by atoms with Crippen LogP contribution in [0.1, 0.15) is 22.8 Å². The Labute approximate surface area is 169 Å². The number of aliphatic hydroxyl groups is 1. The summed E-state index contributed by atoms with van der Waals surface area (Å²) in [6.07, 6.45) is 2.70. The van der Waals surface area contributed by atoms with Crippen LogP contribution in [0.5, 0.6) is 0 Å². The molecule has 0 unspecified atom stereocenters. The Morgan fingerprint density at radius 1 is 0.964 bits per heavy atom. The summed E-state index contributed by atoms with van der Waals surface area (Å²) in [4.78, 5) is 4.15. The molecular weight excluding hydrogens is 396 g/mol. The molecule has 0 radical (unpaired) electrons. The van der Waals surface area contributed by atoms with E-state index in [1.807, 2.05) is 12.1 Å². The summed E-state index contributed by atoms with van der Waals surface area (Å²) in [6.45, 7) is 0.161. The molecule has 2 heterocycles. The smallest absolute Gasteiger partial charge is 0.244 e. The fraction of sp³-hybridized carbons (Fsp3) is 0.190. The van der Waals surface area contributed by atoms with Crippen LogP contribution in [0.2, 0.25) is 5.02 Å². The number of halogens is 1. The molecular formula is C21H19ClN2O3S. The number of benzene rings is 2. The van der Waals surface area contributed by atoms with Gasteiger partial charge in [0, 0.05) is 29.5 Å². The molecule has 0 aliphatic carbocycles. The highest BCUT2D eigenvalue weighted by Crippen LogP contribution is 2.38. The maximum absolute atomic E-state index is 13.4. The first-order chi connectivity index (χ1) is 13.5. The lowest BCUT2D eigenvalue weighted by Crippen LogP contribution is -2.48. The Bertz CT molecular complexity index is 1070. The van der Waals surface area contributed by atoms with Crippen molar-refractivity contribution in [2.45, 2.75) is 30.0 Å². The minimum atomic E-state index is -3.76. The van der Waals surface area contributed by atoms with Crippen LogP contribution >= 0.6 is 11.6 Å². The Morgan fingerprint density at radius 3 is 2.36 bits per heavy atom. The van der Waals surface area contributed by atoms with Crippen LogP contribution in [0.4, 0.5) is 0 Å². The van der Waals surface area contributed by atoms with Gasteiger partial charge in [0.1, 0.15) is 0 Å². The van der Waals surface area contributed by atoms with Gasteiger partial charge in [0.15, 0.2) is 0 Å². The molecule has 1 aromatic heterocycles. The summed E-state index contributed by atoms with van der Waals surface area (Å²) in [5.74, 6) is 0. The number of aromatic nitrogens is 1. The predicted molar refractivity (Wildman–Crippen MR) is 107 cm³/mol. The first kappa shape index (κ1) is 19.1. The van der Waals surface area contributed by atoms with E-state index in [1.54, 1.807) is 60.9 Å². The first-order valence-electron chi connectivity index (χ1n) is 8.89. The topological polar surface area (TPSA) is 70.5 Å². The Kier molecular flexibility index (Phi) is 5.21. The van der Waals surface area contributed by atoms with Crippen LogP contribution < -0.4 is 0 Å². The van der Waals surface area contributed by atoms with Crippen LogP contribution in [-0.4, -0.2) is 28.9 Å². The lowest BCUT2D eigenvalue weighted by molar-refractivity contribution is 0.0769. The quantitative estimate of drug-likeness (QED) is 0.708. The lowest BCUT2D eigenvalue weighted by Gasteiger charge is -2.39. The van der Waals surface area contributed by atoms with E-state index in [1.165, 1.54) is 4.31 Å². The molecule has 1 aliphatic rings. The molecule has 0 saturated carbocycles. The third kappa shape index (κ3) is 3.56. The standard InChI is InChI=1S/C21H19ClN2O3S/c22-17-7-5-15(6-8-17)13-19-21(25)18-3-1-2-4-20(18)28(26,27)24(19)14-16-9-11-23-12-10-16/h1-12,19,21,25H,13-14H2/t19-,21+/m0/s1. The van der Waals surface area contributed by atoms with Gasteiger partial charge in [-0.15, -0.1) is 0 Å². The zero-order valence-corrected chi connectivity index (χ0v) is 16.5. The van der Waals surface area contributed by atoms with E-state index in [0.29, 0.717) is 17.0 Å². The highest BCUT2D eigenvalue weighted by molar-refractivity contribution is 7.89. The second-order valence-corrected chi connectivity index (χ2v) is 9.08. The number of hydrogen-bond donors (Lipinski definition) is 1. The molecule has 28 heavy (non-hydrogen) atoms. The summed E-state index contributed by atoms with van der Waals surface area (Å²) < 4.78 is 28.2. The van der Waals surface area contributed by atoms with Gasteiger partial charge in [-0.2, -0.15) is 4.31 Å². The van der Waals surface area contributed by atoms with E-state index in [0.717, 1.165) is 11.1 Å². The maximum atomic E-state index is 13.4. The normalized spacial score (nSPS) is 21.2. The molecule has 1 N–H and O–H groups in total. The van der Waals surface area contributed by atoms with Crippen molar-refractivity contribution in [2.75, 3.05) is 0 Å². The van der Waals surface area contributed by atoms with Crippen LogP contribution in [0.15, 0.2) is 78.0 Å². The van der Waals surface area contributed by atoms with Crippen LogP contribution in [0.25, 0.3) is 0 Å². The number of nitrogens with zero attached hydrogens (tertiary/aromatic N) is 2. The van der Waals surface area contributed by atoms with E-state index in [4.69, 9.17) is 11.6 Å². The van der Waals surface area contributed by atoms with Crippen molar-refractivity contribution in [1.82, 2.24) is 9.29 Å². The van der Waals surface area contributed by atoms with Crippen LogP contribution in [0.3, 0.4) is 0 Å². The molecule has 0 saturated heterocycles. The van der Waals surface area contributed by atoms with Gasteiger partial charge in [-0.25, -0.2) is 8.42 Å². The molecule has 144 valence electrons. The number of hydrogen-bond acceptors (Lipinski definition) is 4. The van der Waals surface area contributed by atoms with E-state index < -0.39 is 22.2 Å². The molecule has 5 nitrogen and oxygen atoms in total. The van der Waals surface area contributed by atoms with Crippen molar-refractivity contribution in [2.24, 2.45) is 0 Å². The SMILES string of the molecule is O=S1(=O)c2ccccc2[C@@H](O)[C@H](Cc2ccc(Cl)cc2)N1Cc1ccncc1.